The number of nitrogens with zero attached hydrogens (tertiary/aromatic N) is 1. The third-order valence-electron chi connectivity index (χ3n) is 3.02. The number of Topliss-reactive ketones (excluding diaryl/α,β-unsaturated/α-hetero) is 1. The van der Waals surface area contributed by atoms with Crippen molar-refractivity contribution in [2.24, 2.45) is 0 Å². The maximum Gasteiger partial charge on any atom is 0.326 e. The van der Waals surface area contributed by atoms with E-state index in [-0.39, 0.29) is 18.3 Å². The second kappa shape index (κ2) is 6.05. The number of halogens is 2. The van der Waals surface area contributed by atoms with Crippen LogP contribution < -0.4 is 0 Å². The SMILES string of the molecule is CC(=O)c1cn(CC(=O)OC(C)(C)C)c2cc(Cl)c(Br)cc12. The molecule has 0 aliphatic rings. The molecule has 0 spiro atoms. The molecule has 0 unspecified atom stereocenters. The van der Waals surface area contributed by atoms with Crippen molar-refractivity contribution in [2.45, 2.75) is 39.8 Å². The van der Waals surface area contributed by atoms with E-state index in [9.17, 15) is 9.59 Å². The minimum absolute atomic E-state index is 0.0268. The Balaban J connectivity index is 2.48. The maximum absolute atomic E-state index is 12.0. The van der Waals surface area contributed by atoms with Gasteiger partial charge in [0.05, 0.1) is 10.5 Å². The van der Waals surface area contributed by atoms with E-state index in [1.54, 1.807) is 22.9 Å². The summed E-state index contributed by atoms with van der Waals surface area (Å²) in [6, 6.07) is 3.53. The number of hydrogen-bond donors (Lipinski definition) is 0. The van der Waals surface area contributed by atoms with Crippen LogP contribution in [-0.2, 0) is 16.1 Å². The van der Waals surface area contributed by atoms with Gasteiger partial charge in [-0.3, -0.25) is 9.59 Å². The lowest BCUT2D eigenvalue weighted by Crippen LogP contribution is -2.26. The molecule has 22 heavy (non-hydrogen) atoms. The van der Waals surface area contributed by atoms with Gasteiger partial charge in [-0.15, -0.1) is 0 Å². The standard InChI is InChI=1S/C16H17BrClNO3/c1-9(20)11-7-19(8-15(21)22-16(2,3)4)14-6-13(18)12(17)5-10(11)14/h5-7H,8H2,1-4H3. The van der Waals surface area contributed by atoms with Gasteiger partial charge in [0, 0.05) is 21.6 Å². The van der Waals surface area contributed by atoms with Gasteiger partial charge < -0.3 is 9.30 Å². The molecular weight excluding hydrogens is 370 g/mol. The number of fused-ring (bicyclic) bond motifs is 1. The Hall–Kier alpha value is -1.33. The molecule has 0 aliphatic carbocycles. The van der Waals surface area contributed by atoms with E-state index in [0.717, 1.165) is 10.9 Å². The number of aromatic nitrogens is 1. The van der Waals surface area contributed by atoms with Gasteiger partial charge in [-0.2, -0.15) is 0 Å². The Morgan fingerprint density at radius 2 is 1.95 bits per heavy atom. The van der Waals surface area contributed by atoms with Crippen molar-refractivity contribution < 1.29 is 14.3 Å². The van der Waals surface area contributed by atoms with Crippen molar-refractivity contribution in [3.8, 4) is 0 Å². The molecule has 4 nitrogen and oxygen atoms in total. The fourth-order valence-corrected chi connectivity index (χ4v) is 2.71. The normalized spacial score (nSPS) is 11.7. The van der Waals surface area contributed by atoms with E-state index in [1.165, 1.54) is 6.92 Å². The van der Waals surface area contributed by atoms with Crippen molar-refractivity contribution >= 4 is 50.2 Å². The lowest BCUT2D eigenvalue weighted by Gasteiger charge is -2.19. The summed E-state index contributed by atoms with van der Waals surface area (Å²) >= 11 is 9.49. The first kappa shape index (κ1) is 17.0. The fraction of sp³-hybridized carbons (Fsp3) is 0.375. The smallest absolute Gasteiger partial charge is 0.326 e. The van der Waals surface area contributed by atoms with Gasteiger partial charge in [-0.1, -0.05) is 11.6 Å². The molecular formula is C16H17BrClNO3. The molecule has 1 heterocycles. The molecule has 0 radical (unpaired) electrons. The topological polar surface area (TPSA) is 48.3 Å². The number of esters is 1. The summed E-state index contributed by atoms with van der Waals surface area (Å²) in [6.07, 6.45) is 1.67. The maximum atomic E-state index is 12.0. The first-order chi connectivity index (χ1) is 10.1. The number of ether oxygens (including phenoxy) is 1. The summed E-state index contributed by atoms with van der Waals surface area (Å²) in [5, 5.41) is 1.28. The molecule has 0 fully saturated rings. The van der Waals surface area contributed by atoms with Gasteiger partial charge in [0.25, 0.3) is 0 Å². The molecule has 0 aliphatic heterocycles. The average molecular weight is 387 g/mol. The zero-order valence-electron chi connectivity index (χ0n) is 12.9. The minimum atomic E-state index is -0.551. The molecule has 2 aromatic rings. The minimum Gasteiger partial charge on any atom is -0.459 e. The highest BCUT2D eigenvalue weighted by Gasteiger charge is 2.19. The van der Waals surface area contributed by atoms with Crippen LogP contribution in [0.3, 0.4) is 0 Å². The largest absolute Gasteiger partial charge is 0.459 e. The van der Waals surface area contributed by atoms with Gasteiger partial charge in [0.15, 0.2) is 5.78 Å². The van der Waals surface area contributed by atoms with Crippen molar-refractivity contribution in [3.63, 3.8) is 0 Å². The number of rotatable bonds is 3. The molecule has 0 amide bonds. The Bertz CT molecular complexity index is 759. The Morgan fingerprint density at radius 3 is 2.50 bits per heavy atom. The molecule has 0 saturated heterocycles. The fourth-order valence-electron chi connectivity index (χ4n) is 2.21. The first-order valence-electron chi connectivity index (χ1n) is 6.79. The van der Waals surface area contributed by atoms with E-state index in [2.05, 4.69) is 15.9 Å². The van der Waals surface area contributed by atoms with E-state index >= 15 is 0 Å². The summed E-state index contributed by atoms with van der Waals surface area (Å²) < 4.78 is 7.73. The second-order valence-corrected chi connectivity index (χ2v) is 7.36. The molecule has 118 valence electrons. The third-order valence-corrected chi connectivity index (χ3v) is 4.22. The van der Waals surface area contributed by atoms with Crippen molar-refractivity contribution in [1.29, 1.82) is 0 Å². The zero-order valence-corrected chi connectivity index (χ0v) is 15.2. The number of carbonyl (C=O) groups is 2. The van der Waals surface area contributed by atoms with E-state index in [0.29, 0.717) is 15.1 Å². The van der Waals surface area contributed by atoms with Gasteiger partial charge in [-0.05, 0) is 55.8 Å². The average Bonchev–Trinajstić information content (AvgIpc) is 2.66. The van der Waals surface area contributed by atoms with Crippen LogP contribution in [0.4, 0.5) is 0 Å². The molecule has 1 aromatic heterocycles. The molecule has 6 heteroatoms. The van der Waals surface area contributed by atoms with Crippen LogP contribution in [0, 0.1) is 0 Å². The summed E-state index contributed by atoms with van der Waals surface area (Å²) in [7, 11) is 0. The lowest BCUT2D eigenvalue weighted by atomic mass is 10.1. The Kier molecular flexibility index (Phi) is 4.68. The second-order valence-electron chi connectivity index (χ2n) is 6.10. The predicted molar refractivity (Wildman–Crippen MR) is 90.5 cm³/mol. The van der Waals surface area contributed by atoms with Crippen LogP contribution in [0.1, 0.15) is 38.1 Å². The lowest BCUT2D eigenvalue weighted by molar-refractivity contribution is -0.155. The van der Waals surface area contributed by atoms with E-state index in [4.69, 9.17) is 16.3 Å². The predicted octanol–water partition coefficient (Wildman–Crippen LogP) is 4.60. The molecule has 0 saturated carbocycles. The monoisotopic (exact) mass is 385 g/mol. The summed E-state index contributed by atoms with van der Waals surface area (Å²) in [5.41, 5.74) is 0.726. The molecule has 0 N–H and O–H groups in total. The Morgan fingerprint density at radius 1 is 1.32 bits per heavy atom. The van der Waals surface area contributed by atoms with Crippen LogP contribution >= 0.6 is 27.5 Å². The van der Waals surface area contributed by atoms with Crippen LogP contribution in [0.25, 0.3) is 10.9 Å². The Labute approximate surface area is 142 Å². The molecule has 0 atom stereocenters. The van der Waals surface area contributed by atoms with Crippen LogP contribution in [-0.4, -0.2) is 21.9 Å². The molecule has 2 rings (SSSR count). The molecule has 0 bridgehead atoms. The van der Waals surface area contributed by atoms with Crippen LogP contribution in [0.2, 0.25) is 5.02 Å². The van der Waals surface area contributed by atoms with Crippen molar-refractivity contribution in [1.82, 2.24) is 4.57 Å². The highest BCUT2D eigenvalue weighted by Crippen LogP contribution is 2.31. The highest BCUT2D eigenvalue weighted by atomic mass is 79.9. The molecule has 1 aromatic carbocycles. The van der Waals surface area contributed by atoms with Crippen molar-refractivity contribution in [3.05, 3.63) is 33.4 Å². The van der Waals surface area contributed by atoms with Gasteiger partial charge in [-0.25, -0.2) is 0 Å². The number of benzene rings is 1. The number of carbonyl (C=O) groups excluding carboxylic acids is 2. The highest BCUT2D eigenvalue weighted by molar-refractivity contribution is 9.10. The van der Waals surface area contributed by atoms with Gasteiger partial charge >= 0.3 is 5.97 Å². The van der Waals surface area contributed by atoms with Crippen LogP contribution in [0.5, 0.6) is 0 Å². The number of ketones is 1. The third kappa shape index (κ3) is 3.70. The van der Waals surface area contributed by atoms with Gasteiger partial charge in [0.1, 0.15) is 12.1 Å². The first-order valence-corrected chi connectivity index (χ1v) is 7.96. The van der Waals surface area contributed by atoms with Crippen molar-refractivity contribution in [2.75, 3.05) is 0 Å². The van der Waals surface area contributed by atoms with Crippen LogP contribution in [0.15, 0.2) is 22.8 Å². The number of hydrogen-bond acceptors (Lipinski definition) is 3. The van der Waals surface area contributed by atoms with Gasteiger partial charge in [0.2, 0.25) is 0 Å². The van der Waals surface area contributed by atoms with E-state index in [1.807, 2.05) is 20.8 Å². The van der Waals surface area contributed by atoms with E-state index < -0.39 is 5.60 Å². The summed E-state index contributed by atoms with van der Waals surface area (Å²) in [6.45, 7) is 6.96. The summed E-state index contributed by atoms with van der Waals surface area (Å²) in [4.78, 5) is 23.8. The zero-order chi connectivity index (χ0) is 16.7. The summed E-state index contributed by atoms with van der Waals surface area (Å²) in [5.74, 6) is -0.430. The quantitative estimate of drug-likeness (QED) is 0.572.